The smallest absolute Gasteiger partial charge is 0.331 e. The van der Waals surface area contributed by atoms with Gasteiger partial charge in [-0.3, -0.25) is 9.59 Å². The van der Waals surface area contributed by atoms with Crippen LogP contribution in [0.25, 0.3) is 11.1 Å². The van der Waals surface area contributed by atoms with Crippen LogP contribution in [0, 0.1) is 0 Å². The molecule has 30 heavy (non-hydrogen) atoms. The Hall–Kier alpha value is -3.55. The van der Waals surface area contributed by atoms with Crippen molar-refractivity contribution < 1.29 is 28.6 Å². The summed E-state index contributed by atoms with van der Waals surface area (Å²) in [7, 11) is 4.29. The van der Waals surface area contributed by atoms with E-state index in [0.717, 1.165) is 0 Å². The molecule has 0 saturated carbocycles. The zero-order chi connectivity index (χ0) is 21.8. The SMILES string of the molecule is COC(=O)C1C(NC(C)=O)C(=O)N1Cc1ccc(OC)cc1OC.c1cc2cc-2c1. The second kappa shape index (κ2) is 8.86. The van der Waals surface area contributed by atoms with Gasteiger partial charge in [0.2, 0.25) is 11.8 Å². The number of amides is 2. The van der Waals surface area contributed by atoms with Crippen LogP contribution in [0.4, 0.5) is 0 Å². The van der Waals surface area contributed by atoms with Gasteiger partial charge in [-0.05, 0) is 29.3 Å². The molecular formula is C22H24N2O6. The molecule has 8 heteroatoms. The number of carbonyl (C=O) groups excluding carboxylic acids is 3. The number of fused-ring (bicyclic) bond motifs is 1. The first kappa shape index (κ1) is 21.2. The molecule has 2 aliphatic carbocycles. The highest BCUT2D eigenvalue weighted by Crippen LogP contribution is 2.33. The highest BCUT2D eigenvalue weighted by atomic mass is 16.5. The number of hydrogen-bond acceptors (Lipinski definition) is 6. The van der Waals surface area contributed by atoms with Crippen LogP contribution in [-0.4, -0.2) is 56.1 Å². The molecule has 158 valence electrons. The molecule has 0 spiro atoms. The summed E-state index contributed by atoms with van der Waals surface area (Å²) in [5, 5.41) is 2.47. The Morgan fingerprint density at radius 1 is 1.03 bits per heavy atom. The monoisotopic (exact) mass is 412 g/mol. The minimum absolute atomic E-state index is 0.155. The van der Waals surface area contributed by atoms with E-state index in [2.05, 4.69) is 29.6 Å². The van der Waals surface area contributed by atoms with Crippen molar-refractivity contribution in [3.8, 4) is 22.6 Å². The number of benzene rings is 2. The Morgan fingerprint density at radius 2 is 1.73 bits per heavy atom. The molecule has 1 aliphatic heterocycles. The lowest BCUT2D eigenvalue weighted by atomic mass is 9.93. The lowest BCUT2D eigenvalue weighted by Gasteiger charge is -2.45. The van der Waals surface area contributed by atoms with Crippen molar-refractivity contribution in [3.05, 3.63) is 48.0 Å². The summed E-state index contributed by atoms with van der Waals surface area (Å²) in [5.41, 5.74) is 3.56. The van der Waals surface area contributed by atoms with E-state index in [1.807, 2.05) is 0 Å². The molecular weight excluding hydrogens is 388 g/mol. The highest BCUT2D eigenvalue weighted by Gasteiger charge is 2.52. The van der Waals surface area contributed by atoms with Crippen LogP contribution < -0.4 is 14.8 Å². The Kier molecular flexibility index (Phi) is 6.25. The minimum Gasteiger partial charge on any atom is -0.497 e. The molecule has 2 atom stereocenters. The van der Waals surface area contributed by atoms with Gasteiger partial charge in [0.1, 0.15) is 17.5 Å². The van der Waals surface area contributed by atoms with Crippen molar-refractivity contribution in [2.75, 3.05) is 21.3 Å². The van der Waals surface area contributed by atoms with Crippen LogP contribution in [-0.2, 0) is 25.7 Å². The number of rotatable bonds is 6. The molecule has 4 rings (SSSR count). The third-order valence-electron chi connectivity index (χ3n) is 4.95. The van der Waals surface area contributed by atoms with Gasteiger partial charge >= 0.3 is 5.97 Å². The Balaban J connectivity index is 0.000000357. The van der Waals surface area contributed by atoms with Gasteiger partial charge in [0, 0.05) is 18.6 Å². The number of hydrogen-bond donors (Lipinski definition) is 1. The second-order valence-electron chi connectivity index (χ2n) is 6.87. The summed E-state index contributed by atoms with van der Waals surface area (Å²) in [5.74, 6) is -0.164. The Bertz CT molecular complexity index is 957. The molecule has 1 fully saturated rings. The van der Waals surface area contributed by atoms with Crippen LogP contribution >= 0.6 is 0 Å². The number of ether oxygens (including phenoxy) is 3. The molecule has 2 amide bonds. The van der Waals surface area contributed by atoms with Crippen molar-refractivity contribution in [2.45, 2.75) is 25.6 Å². The second-order valence-corrected chi connectivity index (χ2v) is 6.87. The quantitative estimate of drug-likeness (QED) is 0.490. The maximum Gasteiger partial charge on any atom is 0.331 e. The normalized spacial score (nSPS) is 17.7. The van der Waals surface area contributed by atoms with E-state index in [1.54, 1.807) is 25.3 Å². The molecule has 0 radical (unpaired) electrons. The summed E-state index contributed by atoms with van der Waals surface area (Å²) in [6.45, 7) is 1.44. The molecule has 0 bridgehead atoms. The molecule has 1 N–H and O–H groups in total. The molecule has 2 unspecified atom stereocenters. The summed E-state index contributed by atoms with van der Waals surface area (Å²) >= 11 is 0. The predicted molar refractivity (Wildman–Crippen MR) is 109 cm³/mol. The van der Waals surface area contributed by atoms with Gasteiger partial charge in [0.25, 0.3) is 0 Å². The predicted octanol–water partition coefficient (Wildman–Crippen LogP) is 1.76. The zero-order valence-electron chi connectivity index (χ0n) is 17.3. The van der Waals surface area contributed by atoms with Crippen molar-refractivity contribution in [1.29, 1.82) is 0 Å². The van der Waals surface area contributed by atoms with Gasteiger partial charge in [0.05, 0.1) is 27.9 Å². The third-order valence-corrected chi connectivity index (χ3v) is 4.95. The first-order chi connectivity index (χ1) is 14.4. The van der Waals surface area contributed by atoms with E-state index in [0.29, 0.717) is 17.1 Å². The zero-order valence-corrected chi connectivity index (χ0v) is 17.3. The van der Waals surface area contributed by atoms with Crippen molar-refractivity contribution in [1.82, 2.24) is 10.2 Å². The summed E-state index contributed by atoms with van der Waals surface area (Å²) in [6, 6.07) is 11.9. The van der Waals surface area contributed by atoms with E-state index in [9.17, 15) is 14.4 Å². The fourth-order valence-electron chi connectivity index (χ4n) is 3.31. The van der Waals surface area contributed by atoms with Gasteiger partial charge in [0.15, 0.2) is 6.04 Å². The average Bonchev–Trinajstić information content (AvgIpc) is 3.36. The maximum atomic E-state index is 12.3. The van der Waals surface area contributed by atoms with Crippen LogP contribution in [0.5, 0.6) is 11.5 Å². The first-order valence-corrected chi connectivity index (χ1v) is 9.36. The number of β-lactam (4-membered cyclic amide) rings is 1. The average molecular weight is 412 g/mol. The van der Waals surface area contributed by atoms with E-state index < -0.39 is 18.1 Å². The molecule has 3 aliphatic rings. The van der Waals surface area contributed by atoms with Crippen molar-refractivity contribution in [3.63, 3.8) is 0 Å². The molecule has 8 nitrogen and oxygen atoms in total. The Labute approximate surface area is 174 Å². The van der Waals surface area contributed by atoms with Gasteiger partial charge in [-0.1, -0.05) is 18.2 Å². The fourth-order valence-corrected chi connectivity index (χ4v) is 3.31. The number of esters is 1. The Morgan fingerprint density at radius 3 is 2.20 bits per heavy atom. The molecule has 1 heterocycles. The third kappa shape index (κ3) is 4.37. The summed E-state index contributed by atoms with van der Waals surface area (Å²) < 4.78 is 15.2. The van der Waals surface area contributed by atoms with E-state index in [4.69, 9.17) is 14.2 Å². The van der Waals surface area contributed by atoms with Crippen molar-refractivity contribution >= 4 is 17.8 Å². The fraction of sp³-hybridized carbons (Fsp3) is 0.318. The molecule has 1 aromatic carbocycles. The van der Waals surface area contributed by atoms with E-state index in [-0.39, 0.29) is 18.4 Å². The van der Waals surface area contributed by atoms with Crippen LogP contribution in [0.2, 0.25) is 0 Å². The molecule has 1 aromatic rings. The van der Waals surface area contributed by atoms with E-state index in [1.165, 1.54) is 37.2 Å². The van der Waals surface area contributed by atoms with Gasteiger partial charge in [-0.25, -0.2) is 4.79 Å². The minimum atomic E-state index is -0.904. The lowest BCUT2D eigenvalue weighted by Crippen LogP contribution is -2.72. The van der Waals surface area contributed by atoms with Gasteiger partial charge < -0.3 is 24.4 Å². The molecule has 1 saturated heterocycles. The van der Waals surface area contributed by atoms with Crippen molar-refractivity contribution in [2.24, 2.45) is 0 Å². The topological polar surface area (TPSA) is 94.2 Å². The van der Waals surface area contributed by atoms with Crippen LogP contribution in [0.3, 0.4) is 0 Å². The van der Waals surface area contributed by atoms with Gasteiger partial charge in [-0.2, -0.15) is 0 Å². The summed E-state index contributed by atoms with van der Waals surface area (Å²) in [4.78, 5) is 36.8. The number of nitrogens with zero attached hydrogens (tertiary/aromatic N) is 1. The highest BCUT2D eigenvalue weighted by molar-refractivity contribution is 6.01. The van der Waals surface area contributed by atoms with Gasteiger partial charge in [-0.15, -0.1) is 0 Å². The standard InChI is InChI=1S/C16H20N2O6.C6H4/c1-9(19)17-13-14(16(21)24-4)18(15(13)20)8-10-5-6-11(22-2)7-12(10)23-3;1-2-5-4-6(5)3-1/h5-7,13-14H,8H2,1-4H3,(H,17,19);1-4H. The van der Waals surface area contributed by atoms with Crippen LogP contribution in [0.1, 0.15) is 12.5 Å². The first-order valence-electron chi connectivity index (χ1n) is 9.36. The van der Waals surface area contributed by atoms with Crippen LogP contribution in [0.15, 0.2) is 42.5 Å². The largest absolute Gasteiger partial charge is 0.497 e. The maximum absolute atomic E-state index is 12.3. The molecule has 0 aromatic heterocycles. The number of carbonyl (C=O) groups is 3. The number of likely N-dealkylation sites (tertiary alicyclic amines) is 1. The van der Waals surface area contributed by atoms with E-state index >= 15 is 0 Å². The summed E-state index contributed by atoms with van der Waals surface area (Å²) in [6.07, 6.45) is 0. The lowest BCUT2D eigenvalue weighted by molar-refractivity contribution is -0.170. The number of methoxy groups -OCH3 is 3. The number of nitrogens with one attached hydrogen (secondary N) is 1.